The number of benzene rings is 1. The fraction of sp³-hybridized carbons (Fsp3) is 0.474. The summed E-state index contributed by atoms with van der Waals surface area (Å²) in [7, 11) is 0. The summed E-state index contributed by atoms with van der Waals surface area (Å²) in [6.45, 7) is 2.04. The first-order valence-corrected chi connectivity index (χ1v) is 9.07. The SMILES string of the molecule is C[C@H]1[C@H](O)CN1c1nc(-c2ccc([C@@H](N)C(F)F)cc2)c2c(n1)C(F)(F)CC2. The number of nitrogens with zero attached hydrogens (tertiary/aromatic N) is 3. The summed E-state index contributed by atoms with van der Waals surface area (Å²) < 4.78 is 54.4. The van der Waals surface area contributed by atoms with Crippen LogP contribution in [-0.2, 0) is 12.3 Å². The predicted molar refractivity (Wildman–Crippen MR) is 95.4 cm³/mol. The first kappa shape index (κ1) is 19.1. The van der Waals surface area contributed by atoms with Gasteiger partial charge < -0.3 is 15.7 Å². The van der Waals surface area contributed by atoms with Crippen molar-refractivity contribution in [3.8, 4) is 11.3 Å². The summed E-state index contributed by atoms with van der Waals surface area (Å²) >= 11 is 0. The largest absolute Gasteiger partial charge is 0.389 e. The molecule has 1 fully saturated rings. The van der Waals surface area contributed by atoms with Gasteiger partial charge in [-0.1, -0.05) is 24.3 Å². The fourth-order valence-electron chi connectivity index (χ4n) is 3.64. The predicted octanol–water partition coefficient (Wildman–Crippen LogP) is 3.02. The van der Waals surface area contributed by atoms with E-state index < -0.39 is 24.5 Å². The standard InChI is InChI=1S/C19H20F4N4O/c1-9-13(28)8-27(9)18-25-15(12-6-7-19(22,23)16(12)26-18)11-4-2-10(3-5-11)14(24)17(20)21/h2-5,9,13-14,17,28H,6-8,24H2,1H3/t9-,13+,14+/m0/s1. The summed E-state index contributed by atoms with van der Waals surface area (Å²) in [5, 5.41) is 9.74. The number of alkyl halides is 4. The Morgan fingerprint density at radius 1 is 1.21 bits per heavy atom. The minimum atomic E-state index is -3.05. The smallest absolute Gasteiger partial charge is 0.290 e. The van der Waals surface area contributed by atoms with Crippen LogP contribution >= 0.6 is 0 Å². The Balaban J connectivity index is 1.77. The quantitative estimate of drug-likeness (QED) is 0.777. The van der Waals surface area contributed by atoms with Crippen molar-refractivity contribution in [2.75, 3.05) is 11.4 Å². The molecule has 4 rings (SSSR count). The van der Waals surface area contributed by atoms with Crippen LogP contribution in [0.1, 0.15) is 36.2 Å². The number of β-amino-alcohol motifs (C(OH)–C–C–N with tert-alkyl or cyclic N) is 1. The third kappa shape index (κ3) is 3.02. The molecule has 2 heterocycles. The van der Waals surface area contributed by atoms with E-state index in [-0.39, 0.29) is 42.6 Å². The maximum atomic E-state index is 14.4. The van der Waals surface area contributed by atoms with Gasteiger partial charge in [0.2, 0.25) is 5.95 Å². The van der Waals surface area contributed by atoms with Crippen molar-refractivity contribution in [2.45, 2.75) is 50.3 Å². The molecule has 0 saturated carbocycles. The fourth-order valence-corrected chi connectivity index (χ4v) is 3.64. The molecule has 9 heteroatoms. The third-order valence-electron chi connectivity index (χ3n) is 5.56. The van der Waals surface area contributed by atoms with Gasteiger partial charge in [-0.2, -0.15) is 8.78 Å². The molecule has 3 atom stereocenters. The van der Waals surface area contributed by atoms with E-state index in [0.717, 1.165) is 0 Å². The highest BCUT2D eigenvalue weighted by atomic mass is 19.3. The van der Waals surface area contributed by atoms with Crippen molar-refractivity contribution < 1.29 is 22.7 Å². The summed E-state index contributed by atoms with van der Waals surface area (Å²) in [5.74, 6) is -2.91. The lowest BCUT2D eigenvalue weighted by Gasteiger charge is -2.43. The Labute approximate surface area is 159 Å². The normalized spacial score (nSPS) is 24.2. The molecule has 0 spiro atoms. The van der Waals surface area contributed by atoms with Gasteiger partial charge in [-0.15, -0.1) is 0 Å². The van der Waals surface area contributed by atoms with Gasteiger partial charge in [-0.05, 0) is 18.9 Å². The molecule has 1 aliphatic carbocycles. The molecule has 0 unspecified atom stereocenters. The maximum Gasteiger partial charge on any atom is 0.290 e. The number of hydrogen-bond acceptors (Lipinski definition) is 5. The highest BCUT2D eigenvalue weighted by Crippen LogP contribution is 2.45. The van der Waals surface area contributed by atoms with Crippen LogP contribution in [0.4, 0.5) is 23.5 Å². The van der Waals surface area contributed by atoms with Crippen LogP contribution in [0.25, 0.3) is 11.3 Å². The van der Waals surface area contributed by atoms with Crippen molar-refractivity contribution in [3.63, 3.8) is 0 Å². The topological polar surface area (TPSA) is 75.3 Å². The summed E-state index contributed by atoms with van der Waals surface area (Å²) in [6, 6.07) is 4.37. The lowest BCUT2D eigenvalue weighted by molar-refractivity contribution is -0.00603. The number of fused-ring (bicyclic) bond motifs is 1. The van der Waals surface area contributed by atoms with Gasteiger partial charge in [-0.3, -0.25) is 0 Å². The molecule has 28 heavy (non-hydrogen) atoms. The van der Waals surface area contributed by atoms with Crippen LogP contribution in [0.15, 0.2) is 24.3 Å². The second-order valence-electron chi connectivity index (χ2n) is 7.35. The zero-order valence-corrected chi connectivity index (χ0v) is 15.1. The molecule has 5 nitrogen and oxygen atoms in total. The minimum Gasteiger partial charge on any atom is -0.389 e. The van der Waals surface area contributed by atoms with E-state index >= 15 is 0 Å². The number of aromatic nitrogens is 2. The first-order chi connectivity index (χ1) is 13.2. The number of anilines is 1. The molecule has 0 bridgehead atoms. The van der Waals surface area contributed by atoms with Crippen LogP contribution in [0.5, 0.6) is 0 Å². The maximum absolute atomic E-state index is 14.4. The van der Waals surface area contributed by atoms with Crippen molar-refractivity contribution >= 4 is 5.95 Å². The van der Waals surface area contributed by atoms with Crippen molar-refractivity contribution in [1.29, 1.82) is 0 Å². The molecule has 2 aromatic rings. The van der Waals surface area contributed by atoms with Crippen molar-refractivity contribution in [3.05, 3.63) is 41.1 Å². The summed E-state index contributed by atoms with van der Waals surface area (Å²) in [4.78, 5) is 10.3. The number of rotatable bonds is 4. The van der Waals surface area contributed by atoms with Crippen LogP contribution in [0, 0.1) is 0 Å². The van der Waals surface area contributed by atoms with E-state index in [9.17, 15) is 22.7 Å². The molecule has 0 amide bonds. The second kappa shape index (κ2) is 6.66. The number of halogens is 4. The average Bonchev–Trinajstić information content (AvgIpc) is 2.99. The van der Waals surface area contributed by atoms with Gasteiger partial charge in [0, 0.05) is 24.1 Å². The number of aliphatic hydroxyl groups is 1. The number of hydrogen-bond donors (Lipinski definition) is 2. The van der Waals surface area contributed by atoms with E-state index in [2.05, 4.69) is 9.97 Å². The van der Waals surface area contributed by atoms with Crippen molar-refractivity contribution in [1.82, 2.24) is 9.97 Å². The van der Waals surface area contributed by atoms with E-state index in [0.29, 0.717) is 16.8 Å². The van der Waals surface area contributed by atoms with E-state index in [1.54, 1.807) is 24.0 Å². The molecule has 1 aliphatic heterocycles. The average molecular weight is 396 g/mol. The first-order valence-electron chi connectivity index (χ1n) is 9.07. The molecule has 150 valence electrons. The molecule has 1 saturated heterocycles. The van der Waals surface area contributed by atoms with Gasteiger partial charge in [-0.25, -0.2) is 18.7 Å². The number of nitrogens with two attached hydrogens (primary N) is 1. The van der Waals surface area contributed by atoms with Crippen molar-refractivity contribution in [2.24, 2.45) is 5.73 Å². The zero-order chi connectivity index (χ0) is 20.2. The second-order valence-corrected chi connectivity index (χ2v) is 7.35. The molecule has 3 N–H and O–H groups in total. The van der Waals surface area contributed by atoms with Gasteiger partial charge in [0.05, 0.1) is 23.9 Å². The van der Waals surface area contributed by atoms with Crippen LogP contribution in [-0.4, -0.2) is 40.2 Å². The molecule has 2 aliphatic rings. The molecular weight excluding hydrogens is 376 g/mol. The number of aliphatic hydroxyl groups excluding tert-OH is 1. The molecule has 1 aromatic heterocycles. The summed E-state index contributed by atoms with van der Waals surface area (Å²) in [6.07, 6.45) is -3.47. The van der Waals surface area contributed by atoms with Gasteiger partial charge in [0.15, 0.2) is 0 Å². The van der Waals surface area contributed by atoms with Gasteiger partial charge in [0.25, 0.3) is 12.3 Å². The van der Waals surface area contributed by atoms with Gasteiger partial charge in [0.1, 0.15) is 5.69 Å². The van der Waals surface area contributed by atoms with Crippen LogP contribution in [0.3, 0.4) is 0 Å². The van der Waals surface area contributed by atoms with Crippen LogP contribution in [0.2, 0.25) is 0 Å². The Morgan fingerprint density at radius 3 is 2.46 bits per heavy atom. The molecular formula is C19H20F4N4O. The zero-order valence-electron chi connectivity index (χ0n) is 15.1. The molecule has 1 aromatic carbocycles. The lowest BCUT2D eigenvalue weighted by Crippen LogP contribution is -2.59. The molecule has 0 radical (unpaired) electrons. The van der Waals surface area contributed by atoms with Crippen LogP contribution < -0.4 is 10.6 Å². The van der Waals surface area contributed by atoms with E-state index in [1.165, 1.54) is 12.1 Å². The van der Waals surface area contributed by atoms with Gasteiger partial charge >= 0.3 is 0 Å². The van der Waals surface area contributed by atoms with E-state index in [1.807, 2.05) is 0 Å². The Hall–Kier alpha value is -2.26. The minimum absolute atomic E-state index is 0.133. The Bertz CT molecular complexity index is 890. The monoisotopic (exact) mass is 396 g/mol. The van der Waals surface area contributed by atoms with E-state index in [4.69, 9.17) is 5.73 Å². The third-order valence-corrected chi connectivity index (χ3v) is 5.56. The Morgan fingerprint density at radius 2 is 1.89 bits per heavy atom. The summed E-state index contributed by atoms with van der Waals surface area (Å²) in [5.41, 5.74) is 6.70. The Kier molecular flexibility index (Phi) is 4.54. The highest BCUT2D eigenvalue weighted by Gasteiger charge is 2.45. The lowest BCUT2D eigenvalue weighted by atomic mass is 10.00. The highest BCUT2D eigenvalue weighted by molar-refractivity contribution is 5.67.